The van der Waals surface area contributed by atoms with Gasteiger partial charge in [0.05, 0.1) is 7.11 Å². The zero-order valence-electron chi connectivity index (χ0n) is 18.1. The molecule has 0 spiro atoms. The van der Waals surface area contributed by atoms with Gasteiger partial charge in [-0.25, -0.2) is 9.59 Å². The summed E-state index contributed by atoms with van der Waals surface area (Å²) in [6.07, 6.45) is -0.716. The molecule has 2 amide bonds. The van der Waals surface area contributed by atoms with Gasteiger partial charge in [0.1, 0.15) is 18.7 Å². The van der Waals surface area contributed by atoms with E-state index in [1.165, 1.54) is 7.11 Å². The minimum absolute atomic E-state index is 0.0280. The molecule has 0 aromatic heterocycles. The molecule has 0 unspecified atom stereocenters. The number of amides is 2. The number of carbonyl (C=O) groups is 3. The molecule has 0 aliphatic rings. The highest BCUT2D eigenvalue weighted by atomic mass is 35.5. The van der Waals surface area contributed by atoms with Crippen molar-refractivity contribution in [2.75, 3.05) is 7.11 Å². The molecule has 32 heavy (non-hydrogen) atoms. The topological polar surface area (TPSA) is 93.7 Å². The van der Waals surface area contributed by atoms with Crippen LogP contribution >= 0.6 is 23.2 Å². The maximum atomic E-state index is 12.9. The summed E-state index contributed by atoms with van der Waals surface area (Å²) in [5.74, 6) is -1.50. The van der Waals surface area contributed by atoms with Gasteiger partial charge < -0.3 is 20.1 Å². The summed E-state index contributed by atoms with van der Waals surface area (Å²) >= 11 is 12.4. The number of hydrogen-bond acceptors (Lipinski definition) is 5. The first-order valence-electron chi connectivity index (χ1n) is 10.0. The van der Waals surface area contributed by atoms with E-state index in [1.54, 1.807) is 32.0 Å². The maximum absolute atomic E-state index is 12.9. The number of halogens is 2. The number of hydrogen-bond donors (Lipinski definition) is 2. The minimum atomic E-state index is -1.05. The molecule has 0 saturated heterocycles. The van der Waals surface area contributed by atoms with Crippen LogP contribution in [-0.4, -0.2) is 37.2 Å². The van der Waals surface area contributed by atoms with E-state index in [-0.39, 0.29) is 18.9 Å². The van der Waals surface area contributed by atoms with Crippen molar-refractivity contribution in [3.8, 4) is 0 Å². The highest BCUT2D eigenvalue weighted by Crippen LogP contribution is 2.25. The predicted molar refractivity (Wildman–Crippen MR) is 123 cm³/mol. The average molecular weight is 481 g/mol. The third-order valence-corrected chi connectivity index (χ3v) is 5.42. The van der Waals surface area contributed by atoms with E-state index >= 15 is 0 Å². The first kappa shape index (κ1) is 25.5. The lowest BCUT2D eigenvalue weighted by Crippen LogP contribution is -2.54. The number of nitrogens with one attached hydrogen (secondary N) is 2. The Balaban J connectivity index is 2.07. The lowest BCUT2D eigenvalue weighted by molar-refractivity contribution is -0.145. The Bertz CT molecular complexity index is 917. The van der Waals surface area contributed by atoms with Crippen molar-refractivity contribution in [3.05, 3.63) is 69.7 Å². The number of methoxy groups -OCH3 is 1. The standard InChI is InChI=1S/C23H26Cl2N2O5/c1-14(2)20(27-23(30)32-13-15-8-5-4-6-9-15)21(28)26-19(22(29)31-3)12-16-17(24)10-7-11-18(16)25/h4-11,14,19-20H,12-13H2,1-3H3,(H,26,28)(H,27,30)/t19-,20+/m1/s1. The largest absolute Gasteiger partial charge is 0.467 e. The molecule has 9 heteroatoms. The normalized spacial score (nSPS) is 12.6. The fraction of sp³-hybridized carbons (Fsp3) is 0.348. The summed E-state index contributed by atoms with van der Waals surface area (Å²) in [7, 11) is 1.22. The molecular weight excluding hydrogens is 455 g/mol. The molecule has 2 N–H and O–H groups in total. The Kier molecular flexibility index (Phi) is 9.81. The third kappa shape index (κ3) is 7.43. The molecule has 0 aliphatic heterocycles. The van der Waals surface area contributed by atoms with Gasteiger partial charge in [0.2, 0.25) is 5.91 Å². The zero-order valence-corrected chi connectivity index (χ0v) is 19.6. The molecule has 0 radical (unpaired) electrons. The smallest absolute Gasteiger partial charge is 0.408 e. The van der Waals surface area contributed by atoms with Crippen LogP contribution in [0, 0.1) is 5.92 Å². The number of esters is 1. The van der Waals surface area contributed by atoms with Crippen LogP contribution in [0.2, 0.25) is 10.0 Å². The van der Waals surface area contributed by atoms with Crippen molar-refractivity contribution in [3.63, 3.8) is 0 Å². The number of benzene rings is 2. The number of carbonyl (C=O) groups excluding carboxylic acids is 3. The molecule has 0 bridgehead atoms. The fourth-order valence-electron chi connectivity index (χ4n) is 2.96. The second-order valence-electron chi connectivity index (χ2n) is 7.42. The maximum Gasteiger partial charge on any atom is 0.408 e. The van der Waals surface area contributed by atoms with Crippen molar-refractivity contribution in [1.29, 1.82) is 0 Å². The summed E-state index contributed by atoms with van der Waals surface area (Å²) < 4.78 is 10.0. The van der Waals surface area contributed by atoms with Gasteiger partial charge in [-0.1, -0.05) is 73.4 Å². The van der Waals surface area contributed by atoms with Crippen molar-refractivity contribution in [1.82, 2.24) is 10.6 Å². The van der Waals surface area contributed by atoms with E-state index in [4.69, 9.17) is 32.7 Å². The van der Waals surface area contributed by atoms with E-state index in [0.29, 0.717) is 15.6 Å². The lowest BCUT2D eigenvalue weighted by atomic mass is 10.0. The van der Waals surface area contributed by atoms with Crippen molar-refractivity contribution in [2.24, 2.45) is 5.92 Å². The summed E-state index contributed by atoms with van der Waals surface area (Å²) in [5, 5.41) is 5.92. The fourth-order valence-corrected chi connectivity index (χ4v) is 3.51. The minimum Gasteiger partial charge on any atom is -0.467 e. The Hall–Kier alpha value is -2.77. The van der Waals surface area contributed by atoms with Crippen LogP contribution in [0.25, 0.3) is 0 Å². The van der Waals surface area contributed by atoms with Crippen LogP contribution in [0.3, 0.4) is 0 Å². The molecule has 2 rings (SSSR count). The van der Waals surface area contributed by atoms with Gasteiger partial charge in [-0.15, -0.1) is 0 Å². The Morgan fingerprint density at radius 1 is 0.938 bits per heavy atom. The lowest BCUT2D eigenvalue weighted by Gasteiger charge is -2.24. The molecule has 172 valence electrons. The van der Waals surface area contributed by atoms with E-state index < -0.39 is 30.1 Å². The summed E-state index contributed by atoms with van der Waals surface area (Å²) in [4.78, 5) is 37.5. The first-order chi connectivity index (χ1) is 15.2. The Morgan fingerprint density at radius 3 is 2.12 bits per heavy atom. The van der Waals surface area contributed by atoms with Crippen molar-refractivity contribution < 1.29 is 23.9 Å². The SMILES string of the molecule is COC(=O)[C@@H](Cc1c(Cl)cccc1Cl)NC(=O)[C@@H](NC(=O)OCc1ccccc1)C(C)C. The van der Waals surface area contributed by atoms with Crippen LogP contribution in [0.5, 0.6) is 0 Å². The van der Waals surface area contributed by atoms with Gasteiger partial charge in [0, 0.05) is 16.5 Å². The molecular formula is C23H26Cl2N2O5. The second kappa shape index (κ2) is 12.3. The van der Waals surface area contributed by atoms with Crippen LogP contribution in [0.15, 0.2) is 48.5 Å². The summed E-state index contributed by atoms with van der Waals surface area (Å²) in [6.45, 7) is 3.59. The highest BCUT2D eigenvalue weighted by Gasteiger charge is 2.30. The van der Waals surface area contributed by atoms with Crippen LogP contribution in [0.4, 0.5) is 4.79 Å². The monoisotopic (exact) mass is 480 g/mol. The number of ether oxygens (including phenoxy) is 2. The molecule has 2 aromatic carbocycles. The van der Waals surface area contributed by atoms with Gasteiger partial charge in [0.15, 0.2) is 0 Å². The van der Waals surface area contributed by atoms with Gasteiger partial charge in [-0.3, -0.25) is 4.79 Å². The second-order valence-corrected chi connectivity index (χ2v) is 8.23. The van der Waals surface area contributed by atoms with E-state index in [1.807, 2.05) is 30.3 Å². The predicted octanol–water partition coefficient (Wildman–Crippen LogP) is 4.14. The molecule has 0 saturated carbocycles. The average Bonchev–Trinajstić information content (AvgIpc) is 2.77. The number of rotatable bonds is 9. The van der Waals surface area contributed by atoms with E-state index in [0.717, 1.165) is 5.56 Å². The van der Waals surface area contributed by atoms with Crippen molar-refractivity contribution in [2.45, 2.75) is 39.0 Å². The van der Waals surface area contributed by atoms with E-state index in [9.17, 15) is 14.4 Å². The Morgan fingerprint density at radius 2 is 1.56 bits per heavy atom. The first-order valence-corrected chi connectivity index (χ1v) is 10.8. The molecule has 2 aromatic rings. The summed E-state index contributed by atoms with van der Waals surface area (Å²) in [6, 6.07) is 12.1. The molecule has 7 nitrogen and oxygen atoms in total. The zero-order chi connectivity index (χ0) is 23.7. The van der Waals surface area contributed by atoms with Gasteiger partial charge >= 0.3 is 12.1 Å². The van der Waals surface area contributed by atoms with Crippen molar-refractivity contribution >= 4 is 41.2 Å². The third-order valence-electron chi connectivity index (χ3n) is 4.71. The van der Waals surface area contributed by atoms with Gasteiger partial charge in [-0.05, 0) is 29.2 Å². The Labute approximate surface area is 197 Å². The molecule has 0 heterocycles. The molecule has 0 fully saturated rings. The number of alkyl carbamates (subject to hydrolysis) is 1. The van der Waals surface area contributed by atoms with Gasteiger partial charge in [0.25, 0.3) is 0 Å². The van der Waals surface area contributed by atoms with E-state index in [2.05, 4.69) is 10.6 Å². The van der Waals surface area contributed by atoms with Crippen LogP contribution < -0.4 is 10.6 Å². The molecule has 2 atom stereocenters. The highest BCUT2D eigenvalue weighted by molar-refractivity contribution is 6.36. The quantitative estimate of drug-likeness (QED) is 0.525. The van der Waals surface area contributed by atoms with Crippen LogP contribution in [0.1, 0.15) is 25.0 Å². The summed E-state index contributed by atoms with van der Waals surface area (Å²) in [5.41, 5.74) is 1.32. The van der Waals surface area contributed by atoms with Gasteiger partial charge in [-0.2, -0.15) is 0 Å². The van der Waals surface area contributed by atoms with Crippen LogP contribution in [-0.2, 0) is 32.1 Å². The molecule has 0 aliphatic carbocycles.